The fraction of sp³-hybridized carbons (Fsp3) is 0.762. The van der Waals surface area contributed by atoms with Gasteiger partial charge >= 0.3 is 23.9 Å². The fourth-order valence-corrected chi connectivity index (χ4v) is 2.69. The summed E-state index contributed by atoms with van der Waals surface area (Å²) >= 11 is 0. The van der Waals surface area contributed by atoms with Crippen molar-refractivity contribution in [2.24, 2.45) is 27.6 Å². The van der Waals surface area contributed by atoms with Crippen molar-refractivity contribution in [1.82, 2.24) is 0 Å². The van der Waals surface area contributed by atoms with E-state index in [1.54, 1.807) is 0 Å². The minimum Gasteiger partial charge on any atom is -0.479 e. The summed E-state index contributed by atoms with van der Waals surface area (Å²) in [6.07, 6.45) is -0.725. The van der Waals surface area contributed by atoms with Crippen LogP contribution in [0.15, 0.2) is 4.99 Å². The number of carbonyl (C=O) groups is 4. The average molecular weight is 475 g/mol. The molecule has 0 aliphatic carbocycles. The quantitative estimate of drug-likeness (QED) is 0.125. The van der Waals surface area contributed by atoms with E-state index in [4.69, 9.17) is 31.4 Å². The zero-order valence-electron chi connectivity index (χ0n) is 20.9. The molecule has 0 heterocycles. The normalized spacial score (nSPS) is 14.5. The number of nitrogens with two attached hydrogens (primary N) is 3. The third kappa shape index (κ3) is 7.88. The molecule has 0 saturated carbocycles. The van der Waals surface area contributed by atoms with Gasteiger partial charge in [0, 0.05) is 6.54 Å². The lowest BCUT2D eigenvalue weighted by Crippen LogP contribution is -2.73. The molecule has 33 heavy (non-hydrogen) atoms. The van der Waals surface area contributed by atoms with Crippen molar-refractivity contribution in [2.75, 3.05) is 6.54 Å². The van der Waals surface area contributed by atoms with Gasteiger partial charge in [0.05, 0.1) is 0 Å². The first-order valence-electron chi connectivity index (χ1n) is 10.3. The monoisotopic (exact) mass is 474 g/mol. The summed E-state index contributed by atoms with van der Waals surface area (Å²) in [5.41, 5.74) is 7.11. The molecule has 7 N–H and O–H groups in total. The first kappa shape index (κ1) is 30.1. The summed E-state index contributed by atoms with van der Waals surface area (Å²) in [6.45, 7) is 12.9. The van der Waals surface area contributed by atoms with Crippen LogP contribution >= 0.6 is 0 Å². The minimum absolute atomic E-state index is 0.396. The van der Waals surface area contributed by atoms with E-state index in [1.165, 1.54) is 62.3 Å². The van der Waals surface area contributed by atoms with Crippen LogP contribution in [0, 0.1) is 5.41 Å². The Morgan fingerprint density at radius 2 is 1.06 bits per heavy atom. The van der Waals surface area contributed by atoms with Crippen LogP contribution in [0.4, 0.5) is 0 Å². The SMILES string of the molecule is CC(C)(C)OC(=O)C(N)(C(=O)O)C(CCN=C(N)N)(C(=O)OC(C)(C)C)C(=O)OC(C)(C)C. The van der Waals surface area contributed by atoms with E-state index in [9.17, 15) is 24.3 Å². The van der Waals surface area contributed by atoms with E-state index < -0.39 is 70.6 Å². The molecule has 0 aliphatic rings. The molecule has 1 unspecified atom stereocenters. The summed E-state index contributed by atoms with van der Waals surface area (Å²) < 4.78 is 16.0. The van der Waals surface area contributed by atoms with Crippen LogP contribution in [0.3, 0.4) is 0 Å². The van der Waals surface area contributed by atoms with Gasteiger partial charge in [0.25, 0.3) is 0 Å². The Morgan fingerprint density at radius 3 is 1.33 bits per heavy atom. The lowest BCUT2D eigenvalue weighted by atomic mass is 9.66. The zero-order chi connectivity index (χ0) is 26.6. The molecule has 0 bridgehead atoms. The molecular weight excluding hydrogens is 436 g/mol. The molecule has 0 aliphatic heterocycles. The second kappa shape index (κ2) is 9.94. The predicted molar refractivity (Wildman–Crippen MR) is 120 cm³/mol. The fourth-order valence-electron chi connectivity index (χ4n) is 2.69. The average Bonchev–Trinajstić information content (AvgIpc) is 2.52. The number of carbonyl (C=O) groups excluding carboxylic acids is 3. The van der Waals surface area contributed by atoms with Crippen LogP contribution in [0.5, 0.6) is 0 Å². The Balaban J connectivity index is 7.29. The van der Waals surface area contributed by atoms with Gasteiger partial charge in [0.15, 0.2) is 5.96 Å². The van der Waals surface area contributed by atoms with Crippen LogP contribution in [0.25, 0.3) is 0 Å². The first-order valence-corrected chi connectivity index (χ1v) is 10.3. The standard InChI is InChI=1S/C21H38N4O8/c1-17(2,3)31-13(28)20(10-11-25-16(22)23,14(29)32-18(4,5)6)21(24,12(26)27)15(30)33-19(7,8)9/h10-11,24H2,1-9H3,(H,26,27)(H4,22,23,25). The van der Waals surface area contributed by atoms with E-state index in [2.05, 4.69) is 4.99 Å². The molecule has 0 aromatic heterocycles. The number of carboxylic acids is 1. The van der Waals surface area contributed by atoms with E-state index in [0.29, 0.717) is 0 Å². The summed E-state index contributed by atoms with van der Waals surface area (Å²) in [5, 5.41) is 10.1. The van der Waals surface area contributed by atoms with Crippen molar-refractivity contribution < 1.29 is 38.5 Å². The van der Waals surface area contributed by atoms with Crippen LogP contribution in [-0.4, -0.2) is 63.8 Å². The van der Waals surface area contributed by atoms with Crippen molar-refractivity contribution in [2.45, 2.75) is 91.1 Å². The lowest BCUT2D eigenvalue weighted by molar-refractivity contribution is -0.204. The third-order valence-electron chi connectivity index (χ3n) is 4.01. The molecule has 0 aromatic rings. The number of hydrogen-bond donors (Lipinski definition) is 4. The van der Waals surface area contributed by atoms with E-state index in [-0.39, 0.29) is 0 Å². The lowest BCUT2D eigenvalue weighted by Gasteiger charge is -2.42. The number of aliphatic imine (C=N–C) groups is 1. The number of esters is 3. The number of ether oxygens (including phenoxy) is 3. The molecule has 12 heteroatoms. The summed E-state index contributed by atoms with van der Waals surface area (Å²) in [7, 11) is 0. The number of hydrogen-bond acceptors (Lipinski definition) is 9. The maximum absolute atomic E-state index is 13.5. The van der Waals surface area contributed by atoms with Crippen LogP contribution in [0.1, 0.15) is 68.7 Å². The number of nitrogens with zero attached hydrogens (tertiary/aromatic N) is 1. The Morgan fingerprint density at radius 1 is 0.727 bits per heavy atom. The highest BCUT2D eigenvalue weighted by Gasteiger charge is 2.72. The minimum atomic E-state index is -3.25. The second-order valence-electron chi connectivity index (χ2n) is 10.6. The number of aliphatic carboxylic acids is 1. The van der Waals surface area contributed by atoms with Gasteiger partial charge in [-0.25, -0.2) is 9.59 Å². The molecule has 0 amide bonds. The Hall–Kier alpha value is -2.89. The number of guanidine groups is 1. The molecule has 0 aromatic carbocycles. The molecule has 1 atom stereocenters. The van der Waals surface area contributed by atoms with Crippen molar-refractivity contribution in [3.8, 4) is 0 Å². The zero-order valence-corrected chi connectivity index (χ0v) is 20.9. The number of carboxylic acid groups (broad SMARTS) is 1. The van der Waals surface area contributed by atoms with Gasteiger partial charge in [0.2, 0.25) is 11.0 Å². The second-order valence-corrected chi connectivity index (χ2v) is 10.6. The van der Waals surface area contributed by atoms with Crippen LogP contribution < -0.4 is 17.2 Å². The molecule has 0 fully saturated rings. The number of rotatable bonds is 8. The van der Waals surface area contributed by atoms with Crippen molar-refractivity contribution in [3.05, 3.63) is 0 Å². The van der Waals surface area contributed by atoms with Crippen LogP contribution in [0.2, 0.25) is 0 Å². The molecule has 0 spiro atoms. The Kier molecular flexibility index (Phi) is 9.07. The van der Waals surface area contributed by atoms with E-state index >= 15 is 0 Å². The highest BCUT2D eigenvalue weighted by Crippen LogP contribution is 2.41. The van der Waals surface area contributed by atoms with Gasteiger partial charge in [-0.2, -0.15) is 0 Å². The van der Waals surface area contributed by atoms with Crippen molar-refractivity contribution in [3.63, 3.8) is 0 Å². The molecule has 0 radical (unpaired) electrons. The van der Waals surface area contributed by atoms with Crippen LogP contribution in [-0.2, 0) is 33.4 Å². The molecule has 190 valence electrons. The predicted octanol–water partition coefficient (Wildman–Crippen LogP) is 0.444. The molecular formula is C21H38N4O8. The van der Waals surface area contributed by atoms with Crippen molar-refractivity contribution in [1.29, 1.82) is 0 Å². The molecule has 0 saturated heterocycles. The summed E-state index contributed by atoms with van der Waals surface area (Å²) in [4.78, 5) is 56.5. The summed E-state index contributed by atoms with van der Waals surface area (Å²) in [6, 6.07) is 0. The Bertz CT molecular complexity index is 771. The van der Waals surface area contributed by atoms with Gasteiger partial charge in [0.1, 0.15) is 16.8 Å². The van der Waals surface area contributed by atoms with Gasteiger partial charge in [-0.15, -0.1) is 0 Å². The maximum Gasteiger partial charge on any atom is 0.340 e. The van der Waals surface area contributed by atoms with Crippen molar-refractivity contribution >= 4 is 29.8 Å². The van der Waals surface area contributed by atoms with Gasteiger partial charge in [-0.1, -0.05) is 0 Å². The van der Waals surface area contributed by atoms with Gasteiger partial charge < -0.3 is 36.5 Å². The largest absolute Gasteiger partial charge is 0.479 e. The smallest absolute Gasteiger partial charge is 0.340 e. The third-order valence-corrected chi connectivity index (χ3v) is 4.01. The topological polar surface area (TPSA) is 207 Å². The van der Waals surface area contributed by atoms with Gasteiger partial charge in [-0.05, 0) is 68.7 Å². The molecule has 12 nitrogen and oxygen atoms in total. The maximum atomic E-state index is 13.5. The van der Waals surface area contributed by atoms with E-state index in [1.807, 2.05) is 0 Å². The molecule has 0 rings (SSSR count). The Labute approximate surface area is 194 Å². The first-order chi connectivity index (χ1) is 14.5. The highest BCUT2D eigenvalue weighted by molar-refractivity contribution is 6.17. The van der Waals surface area contributed by atoms with Gasteiger partial charge in [-0.3, -0.25) is 14.6 Å². The summed E-state index contributed by atoms with van der Waals surface area (Å²) in [5.74, 6) is -6.73. The highest BCUT2D eigenvalue weighted by atomic mass is 16.6. The van der Waals surface area contributed by atoms with E-state index in [0.717, 1.165) is 0 Å².